The van der Waals surface area contributed by atoms with E-state index in [2.05, 4.69) is 63.7 Å². The van der Waals surface area contributed by atoms with Crippen LogP contribution in [0.25, 0.3) is 0 Å². The van der Waals surface area contributed by atoms with Crippen LogP contribution in [0, 0.1) is 5.92 Å². The third-order valence-corrected chi connectivity index (χ3v) is 16.2. The molecule has 5 aromatic rings. The minimum atomic E-state index is -2.34. The number of hydrogen-bond donors (Lipinski definition) is 2. The highest BCUT2D eigenvalue weighted by molar-refractivity contribution is 9.10. The van der Waals surface area contributed by atoms with Crippen molar-refractivity contribution in [1.82, 2.24) is 15.0 Å². The van der Waals surface area contributed by atoms with E-state index in [0.29, 0.717) is 42.9 Å². The van der Waals surface area contributed by atoms with Gasteiger partial charge >= 0.3 is 0 Å². The fraction of sp³-hybridized carbons (Fsp3) is 0.333. The SMILES string of the molecule is COc1ccc(C(=O)Nc2ccc(CN3C(=O)[C@]4(O[C@H](CCn5cc(CCO)nn5)[C@@H]([Si](C)(C)c5ccc(OC)cc5)[C@@H]4C)c4cc(Br)ccc43)cc2)cc1. The molecule has 3 heterocycles. The summed E-state index contributed by atoms with van der Waals surface area (Å²) in [4.78, 5) is 29.9. The second kappa shape index (κ2) is 15.7. The zero-order chi connectivity index (χ0) is 38.9. The molecule has 286 valence electrons. The number of methoxy groups -OCH3 is 2. The second-order valence-electron chi connectivity index (χ2n) is 14.8. The molecule has 0 unspecified atom stereocenters. The Balaban J connectivity index is 1.19. The number of nitrogens with zero attached hydrogens (tertiary/aromatic N) is 4. The lowest BCUT2D eigenvalue weighted by Gasteiger charge is -2.37. The van der Waals surface area contributed by atoms with Crippen LogP contribution in [-0.2, 0) is 34.6 Å². The number of amides is 2. The number of nitrogens with one attached hydrogen (secondary N) is 1. The van der Waals surface area contributed by atoms with Crippen molar-refractivity contribution in [3.8, 4) is 11.5 Å². The van der Waals surface area contributed by atoms with Crippen LogP contribution in [-0.4, -0.2) is 66.9 Å². The molecule has 2 aliphatic rings. The molecule has 1 aromatic heterocycles. The molecule has 0 saturated carbocycles. The molecular weight excluding hydrogens is 778 g/mol. The first-order valence-electron chi connectivity index (χ1n) is 18.5. The number of aliphatic hydroxyl groups excluding tert-OH is 1. The summed E-state index contributed by atoms with van der Waals surface area (Å²) in [6.45, 7) is 7.82. The zero-order valence-electron chi connectivity index (χ0n) is 31.7. The summed E-state index contributed by atoms with van der Waals surface area (Å²) >= 11 is 3.70. The van der Waals surface area contributed by atoms with Crippen LogP contribution in [0.2, 0.25) is 18.6 Å². The number of aromatic nitrogens is 3. The summed E-state index contributed by atoms with van der Waals surface area (Å²) in [5.41, 5.74) is 3.36. The van der Waals surface area contributed by atoms with E-state index < -0.39 is 13.7 Å². The molecule has 2 aliphatic heterocycles. The van der Waals surface area contributed by atoms with E-state index in [1.54, 1.807) is 43.2 Å². The van der Waals surface area contributed by atoms with Crippen molar-refractivity contribution in [3.05, 3.63) is 124 Å². The smallest absolute Gasteiger partial charge is 0.264 e. The maximum atomic E-state index is 15.2. The standard InChI is InChI=1S/C42H46BrN5O6Si/c1-27-39(55(4,5)35-17-15-34(53-3)16-18-35)38(20-22-47-26-32(21-23-49)45-46-47)54-42(27)36-24-30(43)10-19-37(36)48(41(42)51)25-28-6-11-31(12-7-28)44-40(50)29-8-13-33(52-2)14-9-29/h6-19,24,26-27,38-39,49H,20-23,25H2,1-5H3,(H,44,50)/t27-,38+,39-,42+/m0/s1. The van der Waals surface area contributed by atoms with E-state index >= 15 is 4.79 Å². The van der Waals surface area contributed by atoms with Gasteiger partial charge in [-0.3, -0.25) is 14.3 Å². The molecule has 1 spiro atoms. The molecule has 2 N–H and O–H groups in total. The molecule has 4 atom stereocenters. The Morgan fingerprint density at radius 2 is 1.65 bits per heavy atom. The van der Waals surface area contributed by atoms with Crippen molar-refractivity contribution in [3.63, 3.8) is 0 Å². The average Bonchev–Trinajstić information content (AvgIpc) is 3.84. The van der Waals surface area contributed by atoms with Gasteiger partial charge in [0.15, 0.2) is 5.60 Å². The Morgan fingerprint density at radius 1 is 0.982 bits per heavy atom. The number of aliphatic hydroxyl groups is 1. The van der Waals surface area contributed by atoms with Crippen LogP contribution >= 0.6 is 15.9 Å². The highest BCUT2D eigenvalue weighted by atomic mass is 79.9. The average molecular weight is 825 g/mol. The maximum absolute atomic E-state index is 15.2. The molecule has 11 nitrogen and oxygen atoms in total. The molecule has 1 fully saturated rings. The van der Waals surface area contributed by atoms with Crippen molar-refractivity contribution in [1.29, 1.82) is 0 Å². The topological polar surface area (TPSA) is 128 Å². The number of carbonyl (C=O) groups excluding carboxylic acids is 2. The molecule has 7 rings (SSSR count). The first kappa shape index (κ1) is 38.5. The molecule has 1 saturated heterocycles. The Labute approximate surface area is 330 Å². The number of ether oxygens (including phenoxy) is 3. The molecule has 55 heavy (non-hydrogen) atoms. The van der Waals surface area contributed by atoms with Crippen molar-refractivity contribution in [2.45, 2.75) is 63.2 Å². The Bertz CT molecular complexity index is 2160. The summed E-state index contributed by atoms with van der Waals surface area (Å²) < 4.78 is 20.7. The normalized spacial score (nSPS) is 20.5. The molecular formula is C42H46BrN5O6Si. The second-order valence-corrected chi connectivity index (χ2v) is 20.4. The lowest BCUT2D eigenvalue weighted by molar-refractivity contribution is -0.146. The van der Waals surface area contributed by atoms with Gasteiger partial charge in [0.05, 0.1) is 46.3 Å². The Morgan fingerprint density at radius 3 is 2.31 bits per heavy atom. The van der Waals surface area contributed by atoms with Gasteiger partial charge in [-0.15, -0.1) is 5.10 Å². The van der Waals surface area contributed by atoms with Gasteiger partial charge in [-0.2, -0.15) is 0 Å². The summed E-state index contributed by atoms with van der Waals surface area (Å²) in [6, 6.07) is 28.9. The summed E-state index contributed by atoms with van der Waals surface area (Å²) in [5.74, 6) is 1.01. The van der Waals surface area contributed by atoms with Crippen LogP contribution in [0.1, 0.15) is 40.5 Å². The van der Waals surface area contributed by atoms with Crippen molar-refractivity contribution in [2.75, 3.05) is 31.0 Å². The van der Waals surface area contributed by atoms with Gasteiger partial charge in [0, 0.05) is 53.0 Å². The number of hydrogen-bond acceptors (Lipinski definition) is 8. The number of rotatable bonds is 13. The minimum absolute atomic E-state index is 0.00701. The number of aryl methyl sites for hydroxylation is 1. The first-order chi connectivity index (χ1) is 26.5. The van der Waals surface area contributed by atoms with Gasteiger partial charge in [-0.1, -0.05) is 70.6 Å². The predicted octanol–water partition coefficient (Wildman–Crippen LogP) is 6.70. The first-order valence-corrected chi connectivity index (χ1v) is 22.3. The van der Waals surface area contributed by atoms with Gasteiger partial charge in [0.2, 0.25) is 0 Å². The summed E-state index contributed by atoms with van der Waals surface area (Å²) in [5, 5.41) is 22.2. The van der Waals surface area contributed by atoms with Crippen LogP contribution in [0.3, 0.4) is 0 Å². The van der Waals surface area contributed by atoms with E-state index in [4.69, 9.17) is 14.2 Å². The van der Waals surface area contributed by atoms with Crippen LogP contribution in [0.4, 0.5) is 11.4 Å². The van der Waals surface area contributed by atoms with Gasteiger partial charge in [0.1, 0.15) is 11.5 Å². The quantitative estimate of drug-likeness (QED) is 0.126. The molecule has 0 aliphatic carbocycles. The monoisotopic (exact) mass is 823 g/mol. The van der Waals surface area contributed by atoms with Crippen LogP contribution in [0.15, 0.2) is 102 Å². The third kappa shape index (κ3) is 7.33. The Kier molecular flexibility index (Phi) is 11.0. The number of anilines is 2. The number of fused-ring (bicyclic) bond motifs is 2. The molecule has 13 heteroatoms. The van der Waals surface area contributed by atoms with Crippen molar-refractivity contribution >= 4 is 52.4 Å². The van der Waals surface area contributed by atoms with Gasteiger partial charge in [0.25, 0.3) is 11.8 Å². The largest absolute Gasteiger partial charge is 0.497 e. The number of halogens is 1. The van der Waals surface area contributed by atoms with E-state index in [0.717, 1.165) is 32.7 Å². The van der Waals surface area contributed by atoms with Crippen molar-refractivity contribution in [2.24, 2.45) is 5.92 Å². The van der Waals surface area contributed by atoms with Gasteiger partial charge < -0.3 is 29.5 Å². The molecule has 2 amide bonds. The third-order valence-electron chi connectivity index (χ3n) is 11.3. The number of benzene rings is 4. The molecule has 0 radical (unpaired) electrons. The lowest BCUT2D eigenvalue weighted by atomic mass is 9.82. The lowest BCUT2D eigenvalue weighted by Crippen LogP contribution is -2.51. The summed E-state index contributed by atoms with van der Waals surface area (Å²) in [7, 11) is 0.918. The minimum Gasteiger partial charge on any atom is -0.497 e. The van der Waals surface area contributed by atoms with E-state index in [1.807, 2.05) is 65.7 Å². The van der Waals surface area contributed by atoms with Crippen LogP contribution in [0.5, 0.6) is 11.5 Å². The molecule has 4 aromatic carbocycles. The Hall–Kier alpha value is -4.82. The van der Waals surface area contributed by atoms with Crippen molar-refractivity contribution < 1.29 is 28.9 Å². The van der Waals surface area contributed by atoms with E-state index in [-0.39, 0.29) is 36.0 Å². The van der Waals surface area contributed by atoms with E-state index in [1.165, 1.54) is 5.19 Å². The van der Waals surface area contributed by atoms with Gasteiger partial charge in [-0.25, -0.2) is 0 Å². The summed E-state index contributed by atoms with van der Waals surface area (Å²) in [6.07, 6.45) is 2.69. The fourth-order valence-corrected chi connectivity index (χ4v) is 12.9. The predicted molar refractivity (Wildman–Crippen MR) is 218 cm³/mol. The highest BCUT2D eigenvalue weighted by Crippen LogP contribution is 2.60. The fourth-order valence-electron chi connectivity index (χ4n) is 8.47. The van der Waals surface area contributed by atoms with E-state index in [9.17, 15) is 9.90 Å². The zero-order valence-corrected chi connectivity index (χ0v) is 34.2. The highest BCUT2D eigenvalue weighted by Gasteiger charge is 2.66. The van der Waals surface area contributed by atoms with Gasteiger partial charge in [-0.05, 0) is 84.3 Å². The molecule has 0 bridgehead atoms. The van der Waals surface area contributed by atoms with Crippen LogP contribution < -0.4 is 24.9 Å². The maximum Gasteiger partial charge on any atom is 0.264 e. The number of carbonyl (C=O) groups is 2.